The molecule has 2 N–H and O–H groups in total. The van der Waals surface area contributed by atoms with Crippen LogP contribution in [0.15, 0.2) is 48.8 Å². The fourth-order valence-corrected chi connectivity index (χ4v) is 3.22. The molecule has 5 nitrogen and oxygen atoms in total. The molecule has 0 bridgehead atoms. The van der Waals surface area contributed by atoms with E-state index in [1.165, 1.54) is 24.4 Å². The summed E-state index contributed by atoms with van der Waals surface area (Å²) < 4.78 is 40.1. The second kappa shape index (κ2) is 5.17. The predicted molar refractivity (Wildman–Crippen MR) is 78.7 cm³/mol. The molecule has 0 radical (unpaired) electrons. The van der Waals surface area contributed by atoms with Crippen molar-refractivity contribution in [2.24, 2.45) is 0 Å². The van der Waals surface area contributed by atoms with Crippen LogP contribution >= 0.6 is 0 Å². The molecular weight excluding hydrogens is 293 g/mol. The number of rotatable bonds is 4. The average Bonchev–Trinajstić information content (AvgIpc) is 2.88. The van der Waals surface area contributed by atoms with Crippen molar-refractivity contribution in [1.29, 1.82) is 0 Å². The van der Waals surface area contributed by atoms with Crippen LogP contribution in [-0.4, -0.2) is 18.4 Å². The van der Waals surface area contributed by atoms with Crippen molar-refractivity contribution < 1.29 is 12.8 Å². The van der Waals surface area contributed by atoms with E-state index >= 15 is 0 Å². The minimum absolute atomic E-state index is 0.126. The molecule has 0 fully saturated rings. The van der Waals surface area contributed by atoms with Crippen molar-refractivity contribution in [3.8, 4) is 0 Å². The molecule has 0 aliphatic rings. The number of halogens is 1. The van der Waals surface area contributed by atoms with Gasteiger partial charge >= 0.3 is 0 Å². The van der Waals surface area contributed by atoms with Crippen LogP contribution < -0.4 is 4.72 Å². The summed E-state index contributed by atoms with van der Waals surface area (Å²) in [7, 11) is -3.70. The van der Waals surface area contributed by atoms with E-state index < -0.39 is 21.6 Å². The summed E-state index contributed by atoms with van der Waals surface area (Å²) in [5, 5.41) is 0.793. The summed E-state index contributed by atoms with van der Waals surface area (Å²) in [6, 6.07) is 9.25. The third kappa shape index (κ3) is 3.03. The molecule has 0 amide bonds. The highest BCUT2D eigenvalue weighted by Gasteiger charge is 2.15. The Morgan fingerprint density at radius 2 is 2.05 bits per heavy atom. The van der Waals surface area contributed by atoms with Crippen LogP contribution in [0.5, 0.6) is 0 Å². The van der Waals surface area contributed by atoms with Crippen LogP contribution in [0.1, 0.15) is 5.56 Å². The van der Waals surface area contributed by atoms with Gasteiger partial charge in [-0.15, -0.1) is 0 Å². The highest BCUT2D eigenvalue weighted by Crippen LogP contribution is 2.18. The molecule has 0 atom stereocenters. The van der Waals surface area contributed by atoms with Crippen molar-refractivity contribution in [2.45, 2.75) is 5.75 Å². The molecule has 3 rings (SSSR count). The van der Waals surface area contributed by atoms with Crippen molar-refractivity contribution in [3.63, 3.8) is 0 Å². The molecule has 0 spiro atoms. The monoisotopic (exact) mass is 305 g/mol. The number of aromatic amines is 1. The predicted octanol–water partition coefficient (Wildman–Crippen LogP) is 2.64. The van der Waals surface area contributed by atoms with E-state index in [9.17, 15) is 12.8 Å². The number of sulfonamides is 1. The summed E-state index contributed by atoms with van der Waals surface area (Å²) >= 11 is 0. The van der Waals surface area contributed by atoms with E-state index in [0.29, 0.717) is 11.3 Å². The number of aromatic nitrogens is 2. The Kier molecular flexibility index (Phi) is 3.34. The fraction of sp³-hybridized carbons (Fsp3) is 0.0714. The van der Waals surface area contributed by atoms with Gasteiger partial charge in [-0.2, -0.15) is 0 Å². The van der Waals surface area contributed by atoms with Gasteiger partial charge in [0.05, 0.1) is 17.6 Å². The zero-order chi connectivity index (χ0) is 14.9. The number of anilines is 1. The number of hydrogen-bond acceptors (Lipinski definition) is 3. The van der Waals surface area contributed by atoms with E-state index in [1.807, 2.05) is 0 Å². The summed E-state index contributed by atoms with van der Waals surface area (Å²) in [5.74, 6) is -0.965. The lowest BCUT2D eigenvalue weighted by Crippen LogP contribution is -2.16. The smallest absolute Gasteiger partial charge is 0.237 e. The Balaban J connectivity index is 1.84. The lowest BCUT2D eigenvalue weighted by molar-refractivity contribution is 0.591. The van der Waals surface area contributed by atoms with Crippen LogP contribution in [0.3, 0.4) is 0 Å². The van der Waals surface area contributed by atoms with Gasteiger partial charge in [0, 0.05) is 17.1 Å². The zero-order valence-corrected chi connectivity index (χ0v) is 11.7. The average molecular weight is 305 g/mol. The first kappa shape index (κ1) is 13.6. The van der Waals surface area contributed by atoms with Gasteiger partial charge in [0.1, 0.15) is 11.5 Å². The molecule has 3 aromatic rings. The number of benzene rings is 1. The highest BCUT2D eigenvalue weighted by atomic mass is 32.2. The van der Waals surface area contributed by atoms with Crippen molar-refractivity contribution in [3.05, 3.63) is 60.2 Å². The molecular formula is C14H12FN3O2S. The van der Waals surface area contributed by atoms with Crippen molar-refractivity contribution in [2.75, 3.05) is 4.72 Å². The van der Waals surface area contributed by atoms with E-state index in [-0.39, 0.29) is 5.56 Å². The summed E-state index contributed by atoms with van der Waals surface area (Å²) in [6.45, 7) is 0. The number of hydrogen-bond donors (Lipinski definition) is 2. The van der Waals surface area contributed by atoms with E-state index in [1.54, 1.807) is 24.4 Å². The quantitative estimate of drug-likeness (QED) is 0.778. The van der Waals surface area contributed by atoms with Gasteiger partial charge in [0.25, 0.3) is 0 Å². The molecule has 0 aliphatic carbocycles. The Bertz CT molecular complexity index is 890. The van der Waals surface area contributed by atoms with Gasteiger partial charge in [-0.05, 0) is 18.2 Å². The van der Waals surface area contributed by atoms with Crippen LogP contribution in [-0.2, 0) is 15.8 Å². The van der Waals surface area contributed by atoms with Crippen LogP contribution in [0, 0.1) is 5.82 Å². The maximum Gasteiger partial charge on any atom is 0.237 e. The number of nitrogens with one attached hydrogen (secondary N) is 2. The van der Waals surface area contributed by atoms with Gasteiger partial charge in [-0.3, -0.25) is 4.72 Å². The van der Waals surface area contributed by atoms with Gasteiger partial charge in [-0.25, -0.2) is 17.8 Å². The second-order valence-corrected chi connectivity index (χ2v) is 6.31. The highest BCUT2D eigenvalue weighted by molar-refractivity contribution is 7.91. The number of H-pyrrole nitrogens is 1. The molecule has 0 unspecified atom stereocenters. The third-order valence-corrected chi connectivity index (χ3v) is 4.21. The van der Waals surface area contributed by atoms with Crippen LogP contribution in [0.2, 0.25) is 0 Å². The Morgan fingerprint density at radius 3 is 2.86 bits per heavy atom. The van der Waals surface area contributed by atoms with Crippen LogP contribution in [0.25, 0.3) is 11.0 Å². The summed E-state index contributed by atoms with van der Waals surface area (Å²) in [6.07, 6.45) is 3.13. The maximum absolute atomic E-state index is 13.5. The van der Waals surface area contributed by atoms with Gasteiger partial charge < -0.3 is 4.98 Å². The first-order valence-corrected chi connectivity index (χ1v) is 7.86. The fourth-order valence-electron chi connectivity index (χ4n) is 2.03. The van der Waals surface area contributed by atoms with E-state index in [0.717, 1.165) is 5.39 Å². The number of nitrogens with zero attached hydrogens (tertiary/aromatic N) is 1. The van der Waals surface area contributed by atoms with Crippen LogP contribution in [0.4, 0.5) is 10.1 Å². The molecule has 0 saturated carbocycles. The van der Waals surface area contributed by atoms with Gasteiger partial charge in [-0.1, -0.05) is 18.2 Å². The number of fused-ring (bicyclic) bond motifs is 1. The SMILES string of the molecule is O=S(=O)(Cc1ccccc1F)Nc1cnc2[nH]ccc2c1. The topological polar surface area (TPSA) is 74.8 Å². The van der Waals surface area contributed by atoms with E-state index in [4.69, 9.17) is 0 Å². The Hall–Kier alpha value is -2.41. The molecule has 0 aliphatic heterocycles. The first-order chi connectivity index (χ1) is 10.0. The lowest BCUT2D eigenvalue weighted by Gasteiger charge is -2.08. The third-order valence-electron chi connectivity index (χ3n) is 2.98. The second-order valence-electron chi connectivity index (χ2n) is 4.59. The maximum atomic E-state index is 13.5. The van der Waals surface area contributed by atoms with Gasteiger partial charge in [0.15, 0.2) is 0 Å². The van der Waals surface area contributed by atoms with Crippen molar-refractivity contribution in [1.82, 2.24) is 9.97 Å². The summed E-state index contributed by atoms with van der Waals surface area (Å²) in [5.41, 5.74) is 1.14. The summed E-state index contributed by atoms with van der Waals surface area (Å²) in [4.78, 5) is 7.01. The molecule has 2 aromatic heterocycles. The molecule has 7 heteroatoms. The molecule has 2 heterocycles. The molecule has 1 aromatic carbocycles. The Morgan fingerprint density at radius 1 is 1.24 bits per heavy atom. The van der Waals surface area contributed by atoms with Gasteiger partial charge in [0.2, 0.25) is 10.0 Å². The van der Waals surface area contributed by atoms with Crippen molar-refractivity contribution >= 4 is 26.7 Å². The lowest BCUT2D eigenvalue weighted by atomic mass is 10.2. The standard InChI is InChI=1S/C14H12FN3O2S/c15-13-4-2-1-3-11(13)9-21(19,20)18-12-7-10-5-6-16-14(10)17-8-12/h1-8,18H,9H2,(H,16,17). The Labute approximate surface area is 120 Å². The minimum atomic E-state index is -3.70. The zero-order valence-electron chi connectivity index (χ0n) is 10.9. The number of pyridine rings is 1. The van der Waals surface area contributed by atoms with E-state index in [2.05, 4.69) is 14.7 Å². The molecule has 21 heavy (non-hydrogen) atoms. The largest absolute Gasteiger partial charge is 0.346 e. The first-order valence-electron chi connectivity index (χ1n) is 6.20. The molecule has 108 valence electrons. The molecule has 0 saturated heterocycles. The minimum Gasteiger partial charge on any atom is -0.346 e. The normalized spacial score (nSPS) is 11.7.